The highest BCUT2D eigenvalue weighted by molar-refractivity contribution is 5.91. The Bertz CT molecular complexity index is 350. The minimum atomic E-state index is -5.13. The van der Waals surface area contributed by atoms with Crippen LogP contribution < -0.4 is 5.73 Å². The van der Waals surface area contributed by atoms with Crippen molar-refractivity contribution in [2.24, 2.45) is 5.73 Å². The highest BCUT2D eigenvalue weighted by Crippen LogP contribution is 2.29. The number of hydrogen-bond acceptors (Lipinski definition) is 4. The number of nitrogens with two attached hydrogens (primary N) is 1. The Morgan fingerprint density at radius 1 is 1.11 bits per heavy atom. The van der Waals surface area contributed by atoms with Crippen LogP contribution in [0.4, 0.5) is 13.2 Å². The van der Waals surface area contributed by atoms with Crippen LogP contribution >= 0.6 is 0 Å². The Balaban J connectivity index is 5.18. The topological polar surface area (TPSA) is 121 Å². The second kappa shape index (κ2) is 5.21. The molecule has 0 saturated heterocycles. The summed E-state index contributed by atoms with van der Waals surface area (Å²) in [6.07, 6.45) is -5.13. The standard InChI is InChI=1S/C8H11F3N2O5/c1-7(12,8(9,10)11)6(18)13(2-4(14)15)3-5(16)17/h2-3,12H2,1H3,(H,14,15)(H,16,17). The molecule has 0 aliphatic carbocycles. The summed E-state index contributed by atoms with van der Waals surface area (Å²) in [6, 6.07) is 0. The van der Waals surface area contributed by atoms with E-state index in [2.05, 4.69) is 0 Å². The average molecular weight is 272 g/mol. The molecule has 18 heavy (non-hydrogen) atoms. The summed E-state index contributed by atoms with van der Waals surface area (Å²) in [5.74, 6) is -5.12. The first-order valence-electron chi connectivity index (χ1n) is 4.48. The predicted octanol–water partition coefficient (Wildman–Crippen LogP) is -0.736. The molecule has 1 amide bonds. The van der Waals surface area contributed by atoms with Crippen LogP contribution in [0.2, 0.25) is 0 Å². The molecule has 0 rings (SSSR count). The van der Waals surface area contributed by atoms with E-state index in [1.807, 2.05) is 0 Å². The van der Waals surface area contributed by atoms with E-state index in [9.17, 15) is 27.6 Å². The van der Waals surface area contributed by atoms with E-state index < -0.39 is 42.7 Å². The lowest BCUT2D eigenvalue weighted by Gasteiger charge is -2.31. The van der Waals surface area contributed by atoms with Crippen molar-refractivity contribution in [3.63, 3.8) is 0 Å². The van der Waals surface area contributed by atoms with E-state index in [-0.39, 0.29) is 4.90 Å². The lowest BCUT2D eigenvalue weighted by atomic mass is 10.0. The van der Waals surface area contributed by atoms with Gasteiger partial charge in [0.25, 0.3) is 5.91 Å². The van der Waals surface area contributed by atoms with E-state index in [4.69, 9.17) is 15.9 Å². The third kappa shape index (κ3) is 3.87. The van der Waals surface area contributed by atoms with Gasteiger partial charge in [-0.05, 0) is 6.92 Å². The summed E-state index contributed by atoms with van der Waals surface area (Å²) in [4.78, 5) is 32.2. The van der Waals surface area contributed by atoms with Crippen molar-refractivity contribution < 1.29 is 37.8 Å². The monoisotopic (exact) mass is 272 g/mol. The van der Waals surface area contributed by atoms with E-state index in [0.717, 1.165) is 0 Å². The Hall–Kier alpha value is -1.84. The molecule has 0 aromatic rings. The Kier molecular flexibility index (Phi) is 4.68. The summed E-state index contributed by atoms with van der Waals surface area (Å²) in [5, 5.41) is 16.8. The van der Waals surface area contributed by atoms with Gasteiger partial charge in [-0.1, -0.05) is 0 Å². The van der Waals surface area contributed by atoms with Gasteiger partial charge in [0.05, 0.1) is 0 Å². The smallest absolute Gasteiger partial charge is 0.415 e. The molecule has 0 spiro atoms. The van der Waals surface area contributed by atoms with Crippen molar-refractivity contribution in [2.45, 2.75) is 18.6 Å². The Labute approximate surface area is 99.0 Å². The van der Waals surface area contributed by atoms with Crippen molar-refractivity contribution in [2.75, 3.05) is 13.1 Å². The number of aliphatic carboxylic acids is 2. The largest absolute Gasteiger partial charge is 0.480 e. The van der Waals surface area contributed by atoms with Crippen molar-refractivity contribution >= 4 is 17.8 Å². The fourth-order valence-electron chi connectivity index (χ4n) is 0.976. The van der Waals surface area contributed by atoms with Crippen LogP contribution in [-0.2, 0) is 14.4 Å². The second-order valence-electron chi connectivity index (χ2n) is 3.65. The first kappa shape index (κ1) is 16.2. The molecule has 0 aliphatic rings. The maximum Gasteiger partial charge on any atom is 0.415 e. The SMILES string of the molecule is CC(N)(C(=O)N(CC(=O)O)CC(=O)O)C(F)(F)F. The first-order valence-corrected chi connectivity index (χ1v) is 4.48. The number of nitrogens with zero attached hydrogens (tertiary/aromatic N) is 1. The molecule has 0 radical (unpaired) electrons. The minimum Gasteiger partial charge on any atom is -0.480 e. The lowest BCUT2D eigenvalue weighted by Crippen LogP contribution is -2.63. The van der Waals surface area contributed by atoms with Crippen LogP contribution in [0.15, 0.2) is 0 Å². The zero-order chi connectivity index (χ0) is 14.7. The molecule has 0 aromatic carbocycles. The van der Waals surface area contributed by atoms with Gasteiger partial charge in [0.1, 0.15) is 13.1 Å². The summed E-state index contributed by atoms with van der Waals surface area (Å²) in [6.45, 7) is -2.03. The number of hydrogen-bond donors (Lipinski definition) is 3. The number of rotatable bonds is 5. The van der Waals surface area contributed by atoms with E-state index in [1.54, 1.807) is 0 Å². The molecule has 10 heteroatoms. The Morgan fingerprint density at radius 2 is 1.44 bits per heavy atom. The van der Waals surface area contributed by atoms with Crippen LogP contribution in [0.25, 0.3) is 0 Å². The van der Waals surface area contributed by atoms with Crippen molar-refractivity contribution in [1.29, 1.82) is 0 Å². The molecule has 4 N–H and O–H groups in total. The zero-order valence-electron chi connectivity index (χ0n) is 9.19. The van der Waals surface area contributed by atoms with Crippen LogP contribution in [0.5, 0.6) is 0 Å². The fourth-order valence-corrected chi connectivity index (χ4v) is 0.976. The maximum absolute atomic E-state index is 12.5. The third-order valence-corrected chi connectivity index (χ3v) is 1.97. The van der Waals surface area contributed by atoms with Crippen LogP contribution in [-0.4, -0.2) is 57.8 Å². The molecule has 0 saturated carbocycles. The van der Waals surface area contributed by atoms with Crippen LogP contribution in [0.1, 0.15) is 6.92 Å². The zero-order valence-corrected chi connectivity index (χ0v) is 9.19. The van der Waals surface area contributed by atoms with Gasteiger partial charge in [0.15, 0.2) is 5.54 Å². The van der Waals surface area contributed by atoms with Crippen LogP contribution in [0.3, 0.4) is 0 Å². The summed E-state index contributed by atoms with van der Waals surface area (Å²) in [7, 11) is 0. The van der Waals surface area contributed by atoms with Crippen molar-refractivity contribution in [3.8, 4) is 0 Å². The van der Waals surface area contributed by atoms with Gasteiger partial charge in [0, 0.05) is 0 Å². The second-order valence-corrected chi connectivity index (χ2v) is 3.65. The highest BCUT2D eigenvalue weighted by atomic mass is 19.4. The van der Waals surface area contributed by atoms with E-state index >= 15 is 0 Å². The molecular formula is C8H11F3N2O5. The third-order valence-electron chi connectivity index (χ3n) is 1.97. The quantitative estimate of drug-likeness (QED) is 0.606. The fraction of sp³-hybridized carbons (Fsp3) is 0.625. The molecule has 7 nitrogen and oxygen atoms in total. The van der Waals surface area contributed by atoms with E-state index in [1.165, 1.54) is 0 Å². The first-order chi connectivity index (χ1) is 7.89. The number of amides is 1. The van der Waals surface area contributed by atoms with Gasteiger partial charge in [-0.2, -0.15) is 13.2 Å². The summed E-state index contributed by atoms with van der Waals surface area (Å²) >= 11 is 0. The molecule has 1 atom stereocenters. The number of halogens is 3. The molecule has 1 unspecified atom stereocenters. The molecule has 0 fully saturated rings. The van der Waals surface area contributed by atoms with Crippen LogP contribution in [0, 0.1) is 0 Å². The summed E-state index contributed by atoms with van der Waals surface area (Å²) < 4.78 is 37.4. The van der Waals surface area contributed by atoms with Gasteiger partial charge in [-0.25, -0.2) is 0 Å². The lowest BCUT2D eigenvalue weighted by molar-refractivity contribution is -0.195. The number of alkyl halides is 3. The van der Waals surface area contributed by atoms with Crippen molar-refractivity contribution in [1.82, 2.24) is 4.90 Å². The predicted molar refractivity (Wildman–Crippen MR) is 50.5 cm³/mol. The van der Waals surface area contributed by atoms with Gasteiger partial charge in [0.2, 0.25) is 0 Å². The van der Waals surface area contributed by atoms with Gasteiger partial charge in [-0.3, -0.25) is 14.4 Å². The number of carboxylic acid groups (broad SMARTS) is 2. The molecular weight excluding hydrogens is 261 g/mol. The van der Waals surface area contributed by atoms with Gasteiger partial charge >= 0.3 is 18.1 Å². The normalized spacial score (nSPS) is 14.7. The molecule has 0 bridgehead atoms. The molecule has 104 valence electrons. The molecule has 0 heterocycles. The highest BCUT2D eigenvalue weighted by Gasteiger charge is 2.55. The van der Waals surface area contributed by atoms with Gasteiger partial charge in [-0.15, -0.1) is 0 Å². The average Bonchev–Trinajstić information content (AvgIpc) is 2.12. The molecule has 0 aliphatic heterocycles. The summed E-state index contributed by atoms with van der Waals surface area (Å²) in [5.41, 5.74) is 1.44. The number of carboxylic acids is 2. The minimum absolute atomic E-state index is 0.0121. The van der Waals surface area contributed by atoms with Gasteiger partial charge < -0.3 is 20.8 Å². The molecule has 0 aromatic heterocycles. The van der Waals surface area contributed by atoms with E-state index in [0.29, 0.717) is 6.92 Å². The van der Waals surface area contributed by atoms with Crippen molar-refractivity contribution in [3.05, 3.63) is 0 Å². The maximum atomic E-state index is 12.5. The number of carbonyl (C=O) groups is 3. The Morgan fingerprint density at radius 3 is 1.67 bits per heavy atom. The number of carbonyl (C=O) groups excluding carboxylic acids is 1.